The number of benzene rings is 1. The standard InChI is InChI=1S/C10H7ClO2S/c1-5-4-7-6(10(12)13)2-3-8(11)9(7)14-5/h2-4H,1H3,(H,12,13). The van der Waals surface area contributed by atoms with Crippen LogP contribution in [0.5, 0.6) is 0 Å². The minimum Gasteiger partial charge on any atom is -0.478 e. The average Bonchev–Trinajstić information content (AvgIpc) is 2.47. The summed E-state index contributed by atoms with van der Waals surface area (Å²) >= 11 is 7.48. The summed E-state index contributed by atoms with van der Waals surface area (Å²) in [5, 5.41) is 10.3. The average molecular weight is 227 g/mol. The first-order valence-corrected chi connectivity index (χ1v) is 5.21. The van der Waals surface area contributed by atoms with Crippen LogP contribution >= 0.6 is 22.9 Å². The summed E-state index contributed by atoms with van der Waals surface area (Å²) in [4.78, 5) is 12.0. The van der Waals surface area contributed by atoms with Crippen LogP contribution in [0.2, 0.25) is 5.02 Å². The zero-order chi connectivity index (χ0) is 10.3. The van der Waals surface area contributed by atoms with E-state index in [2.05, 4.69) is 0 Å². The molecular weight excluding hydrogens is 220 g/mol. The van der Waals surface area contributed by atoms with Gasteiger partial charge in [0, 0.05) is 10.3 Å². The fourth-order valence-corrected chi connectivity index (χ4v) is 2.62. The van der Waals surface area contributed by atoms with Crippen LogP contribution < -0.4 is 0 Å². The molecular formula is C10H7ClO2S. The molecule has 0 spiro atoms. The van der Waals surface area contributed by atoms with Crippen LogP contribution in [-0.2, 0) is 0 Å². The Morgan fingerprint density at radius 1 is 1.50 bits per heavy atom. The largest absolute Gasteiger partial charge is 0.478 e. The van der Waals surface area contributed by atoms with E-state index >= 15 is 0 Å². The molecule has 1 aromatic heterocycles. The van der Waals surface area contributed by atoms with Crippen molar-refractivity contribution in [2.45, 2.75) is 6.92 Å². The number of carbonyl (C=O) groups is 1. The molecule has 72 valence electrons. The third-order valence-corrected chi connectivity index (χ3v) is 3.50. The van der Waals surface area contributed by atoms with Crippen LogP contribution in [0.4, 0.5) is 0 Å². The van der Waals surface area contributed by atoms with Crippen molar-refractivity contribution in [1.29, 1.82) is 0 Å². The van der Waals surface area contributed by atoms with Crippen LogP contribution in [-0.4, -0.2) is 11.1 Å². The van der Waals surface area contributed by atoms with E-state index in [1.807, 2.05) is 13.0 Å². The van der Waals surface area contributed by atoms with E-state index in [-0.39, 0.29) is 0 Å². The third-order valence-electron chi connectivity index (χ3n) is 1.99. The van der Waals surface area contributed by atoms with Crippen LogP contribution in [0.25, 0.3) is 10.1 Å². The van der Waals surface area contributed by atoms with E-state index in [1.54, 1.807) is 12.1 Å². The highest BCUT2D eigenvalue weighted by molar-refractivity contribution is 7.19. The monoisotopic (exact) mass is 226 g/mol. The van der Waals surface area contributed by atoms with Gasteiger partial charge in [-0.05, 0) is 25.1 Å². The maximum atomic E-state index is 10.9. The number of rotatable bonds is 1. The van der Waals surface area contributed by atoms with Crippen molar-refractivity contribution in [2.24, 2.45) is 0 Å². The van der Waals surface area contributed by atoms with Gasteiger partial charge < -0.3 is 5.11 Å². The molecule has 0 aliphatic rings. The van der Waals surface area contributed by atoms with Gasteiger partial charge in [0.1, 0.15) is 0 Å². The summed E-state index contributed by atoms with van der Waals surface area (Å²) in [5.41, 5.74) is 0.314. The lowest BCUT2D eigenvalue weighted by Gasteiger charge is -1.97. The lowest BCUT2D eigenvalue weighted by atomic mass is 10.1. The lowest BCUT2D eigenvalue weighted by molar-refractivity contribution is 0.0699. The Balaban J connectivity index is 2.87. The molecule has 4 heteroatoms. The first-order valence-electron chi connectivity index (χ1n) is 4.01. The van der Waals surface area contributed by atoms with Gasteiger partial charge in [0.2, 0.25) is 0 Å². The molecule has 0 unspecified atom stereocenters. The van der Waals surface area contributed by atoms with Gasteiger partial charge in [0.25, 0.3) is 0 Å². The highest BCUT2D eigenvalue weighted by Gasteiger charge is 2.12. The van der Waals surface area contributed by atoms with Gasteiger partial charge in [0.15, 0.2) is 0 Å². The molecule has 0 saturated carbocycles. The second-order valence-electron chi connectivity index (χ2n) is 3.00. The van der Waals surface area contributed by atoms with E-state index in [9.17, 15) is 4.79 Å². The van der Waals surface area contributed by atoms with Crippen LogP contribution in [0.3, 0.4) is 0 Å². The summed E-state index contributed by atoms with van der Waals surface area (Å²) < 4.78 is 0.851. The molecule has 2 aromatic rings. The Hall–Kier alpha value is -1.06. The van der Waals surface area contributed by atoms with Gasteiger partial charge in [-0.3, -0.25) is 0 Å². The SMILES string of the molecule is Cc1cc2c(C(=O)O)ccc(Cl)c2s1. The maximum absolute atomic E-state index is 10.9. The molecule has 0 saturated heterocycles. The molecule has 0 aliphatic heterocycles. The summed E-state index contributed by atoms with van der Waals surface area (Å²) in [6.45, 7) is 1.94. The van der Waals surface area contributed by atoms with Crippen LogP contribution in [0, 0.1) is 6.92 Å². The number of carboxylic acid groups (broad SMARTS) is 1. The molecule has 0 aliphatic carbocycles. The zero-order valence-corrected chi connectivity index (χ0v) is 8.95. The van der Waals surface area contributed by atoms with Gasteiger partial charge in [-0.2, -0.15) is 0 Å². The van der Waals surface area contributed by atoms with E-state index in [4.69, 9.17) is 16.7 Å². The lowest BCUT2D eigenvalue weighted by Crippen LogP contribution is -1.95. The quantitative estimate of drug-likeness (QED) is 0.807. The van der Waals surface area contributed by atoms with Crippen molar-refractivity contribution in [3.8, 4) is 0 Å². The Labute approximate surface area is 89.7 Å². The predicted molar refractivity (Wildman–Crippen MR) is 58.5 cm³/mol. The molecule has 1 aromatic carbocycles. The van der Waals surface area contributed by atoms with Gasteiger partial charge in [-0.1, -0.05) is 11.6 Å². The molecule has 1 heterocycles. The zero-order valence-electron chi connectivity index (χ0n) is 7.37. The summed E-state index contributed by atoms with van der Waals surface area (Å²) in [5.74, 6) is -0.913. The van der Waals surface area contributed by atoms with Crippen molar-refractivity contribution < 1.29 is 9.90 Å². The topological polar surface area (TPSA) is 37.3 Å². The molecule has 1 N–H and O–H groups in total. The Bertz CT molecular complexity index is 516. The van der Waals surface area contributed by atoms with E-state index in [0.29, 0.717) is 10.6 Å². The first kappa shape index (κ1) is 9.49. The summed E-state index contributed by atoms with van der Waals surface area (Å²) in [7, 11) is 0. The molecule has 2 rings (SSSR count). The van der Waals surface area contributed by atoms with Crippen LogP contribution in [0.1, 0.15) is 15.2 Å². The number of carboxylic acids is 1. The number of thiophene rings is 1. The summed E-state index contributed by atoms with van der Waals surface area (Å²) in [6.07, 6.45) is 0. The Kier molecular flexibility index (Phi) is 2.21. The first-order chi connectivity index (χ1) is 6.59. The molecule has 0 amide bonds. The van der Waals surface area contributed by atoms with Crippen LogP contribution in [0.15, 0.2) is 18.2 Å². The number of aromatic carboxylic acids is 1. The number of hydrogen-bond acceptors (Lipinski definition) is 2. The number of halogens is 1. The Morgan fingerprint density at radius 3 is 2.86 bits per heavy atom. The van der Waals surface area contributed by atoms with E-state index in [0.717, 1.165) is 15.0 Å². The number of aryl methyl sites for hydroxylation is 1. The molecule has 0 atom stereocenters. The second-order valence-corrected chi connectivity index (χ2v) is 4.66. The molecule has 2 nitrogen and oxygen atoms in total. The molecule has 0 fully saturated rings. The minimum absolute atomic E-state index is 0.314. The molecule has 14 heavy (non-hydrogen) atoms. The van der Waals surface area contributed by atoms with Crippen molar-refractivity contribution in [3.05, 3.63) is 33.7 Å². The second kappa shape index (κ2) is 3.26. The van der Waals surface area contributed by atoms with Crippen molar-refractivity contribution in [3.63, 3.8) is 0 Å². The highest BCUT2D eigenvalue weighted by atomic mass is 35.5. The Morgan fingerprint density at radius 2 is 2.21 bits per heavy atom. The fourth-order valence-electron chi connectivity index (χ4n) is 1.40. The minimum atomic E-state index is -0.913. The van der Waals surface area contributed by atoms with Crippen molar-refractivity contribution in [1.82, 2.24) is 0 Å². The normalized spacial score (nSPS) is 10.7. The number of fused-ring (bicyclic) bond motifs is 1. The van der Waals surface area contributed by atoms with Gasteiger partial charge in [-0.25, -0.2) is 4.79 Å². The predicted octanol–water partition coefficient (Wildman–Crippen LogP) is 3.56. The molecule has 0 bridgehead atoms. The van der Waals surface area contributed by atoms with Gasteiger partial charge in [-0.15, -0.1) is 11.3 Å². The smallest absolute Gasteiger partial charge is 0.336 e. The number of hydrogen-bond donors (Lipinski definition) is 1. The van der Waals surface area contributed by atoms with Gasteiger partial charge in [0.05, 0.1) is 15.3 Å². The van der Waals surface area contributed by atoms with E-state index < -0.39 is 5.97 Å². The third kappa shape index (κ3) is 1.38. The van der Waals surface area contributed by atoms with Crippen molar-refractivity contribution >= 4 is 39.0 Å². The van der Waals surface area contributed by atoms with Gasteiger partial charge >= 0.3 is 5.97 Å². The molecule has 0 radical (unpaired) electrons. The fraction of sp³-hybridized carbons (Fsp3) is 0.100. The summed E-state index contributed by atoms with van der Waals surface area (Å²) in [6, 6.07) is 5.03. The highest BCUT2D eigenvalue weighted by Crippen LogP contribution is 2.33. The van der Waals surface area contributed by atoms with Crippen molar-refractivity contribution in [2.75, 3.05) is 0 Å². The maximum Gasteiger partial charge on any atom is 0.336 e. The van der Waals surface area contributed by atoms with E-state index in [1.165, 1.54) is 11.3 Å².